The maximum atomic E-state index is 11.9. The molecule has 0 aliphatic rings. The molecule has 20 heavy (non-hydrogen) atoms. The molecule has 6 nitrogen and oxygen atoms in total. The molecule has 0 heterocycles. The number of hydrogen-bond donors (Lipinski definition) is 2. The van der Waals surface area contributed by atoms with Crippen LogP contribution >= 0.6 is 15.9 Å². The van der Waals surface area contributed by atoms with E-state index in [1.54, 1.807) is 24.3 Å². The van der Waals surface area contributed by atoms with Crippen LogP contribution in [0.4, 0.5) is 0 Å². The van der Waals surface area contributed by atoms with Crippen LogP contribution in [0.25, 0.3) is 0 Å². The molecule has 0 bridgehead atoms. The van der Waals surface area contributed by atoms with Crippen molar-refractivity contribution in [2.45, 2.75) is 26.0 Å². The van der Waals surface area contributed by atoms with Gasteiger partial charge in [-0.3, -0.25) is 9.59 Å². The normalized spacial score (nSPS) is 13.2. The number of nitrogens with two attached hydrogens (primary N) is 1. The van der Waals surface area contributed by atoms with E-state index in [2.05, 4.69) is 21.2 Å². The lowest BCUT2D eigenvalue weighted by molar-refractivity contribution is -0.155. The fourth-order valence-corrected chi connectivity index (χ4v) is 1.54. The van der Waals surface area contributed by atoms with Crippen molar-refractivity contribution in [3.63, 3.8) is 0 Å². The fraction of sp³-hybridized carbons (Fsp3) is 0.308. The minimum Gasteiger partial charge on any atom is -0.451 e. The van der Waals surface area contributed by atoms with Crippen molar-refractivity contribution in [1.29, 1.82) is 0 Å². The summed E-state index contributed by atoms with van der Waals surface area (Å²) in [6.45, 7) is 2.83. The van der Waals surface area contributed by atoms with E-state index in [1.807, 2.05) is 0 Å². The molecule has 0 aromatic heterocycles. The van der Waals surface area contributed by atoms with Gasteiger partial charge in [0, 0.05) is 10.0 Å². The first kappa shape index (κ1) is 16.2. The lowest BCUT2D eigenvalue weighted by atomic mass is 10.2. The zero-order valence-corrected chi connectivity index (χ0v) is 12.6. The Bertz CT molecular complexity index is 516. The maximum absolute atomic E-state index is 11.9. The molecule has 1 aromatic carbocycles. The van der Waals surface area contributed by atoms with Gasteiger partial charge in [0.15, 0.2) is 6.10 Å². The van der Waals surface area contributed by atoms with Gasteiger partial charge in [-0.25, -0.2) is 4.79 Å². The van der Waals surface area contributed by atoms with Crippen LogP contribution in [-0.4, -0.2) is 29.9 Å². The summed E-state index contributed by atoms with van der Waals surface area (Å²) in [4.78, 5) is 34.3. The molecular formula is C13H15BrN2O4. The molecule has 1 aromatic rings. The molecular weight excluding hydrogens is 328 g/mol. The SMILES string of the molecule is C[C@H](NC(=O)c1ccc(Br)cc1)C(=O)O[C@@H](C)C(N)=O. The molecule has 108 valence electrons. The van der Waals surface area contributed by atoms with Crippen molar-refractivity contribution >= 4 is 33.7 Å². The molecule has 0 unspecified atom stereocenters. The summed E-state index contributed by atoms with van der Waals surface area (Å²) < 4.78 is 5.64. The standard InChI is InChI=1S/C13H15BrN2O4/c1-7(13(19)20-8(2)11(15)17)16-12(18)9-3-5-10(14)6-4-9/h3-8H,1-2H3,(H2,15,17)(H,16,18)/t7-,8-/m0/s1. The number of benzene rings is 1. The quantitative estimate of drug-likeness (QED) is 0.779. The first-order chi connectivity index (χ1) is 9.31. The van der Waals surface area contributed by atoms with Gasteiger partial charge in [-0.05, 0) is 38.1 Å². The third kappa shape index (κ3) is 4.65. The van der Waals surface area contributed by atoms with Gasteiger partial charge in [0.1, 0.15) is 6.04 Å². The summed E-state index contributed by atoms with van der Waals surface area (Å²) in [5.41, 5.74) is 5.40. The molecule has 0 radical (unpaired) electrons. The van der Waals surface area contributed by atoms with E-state index in [0.717, 1.165) is 4.47 Å². The second kappa shape index (κ2) is 7.04. The van der Waals surface area contributed by atoms with Gasteiger partial charge in [-0.15, -0.1) is 0 Å². The Hall–Kier alpha value is -1.89. The van der Waals surface area contributed by atoms with Gasteiger partial charge < -0.3 is 15.8 Å². The second-order valence-electron chi connectivity index (χ2n) is 4.18. The van der Waals surface area contributed by atoms with Gasteiger partial charge in [0.2, 0.25) is 0 Å². The van der Waals surface area contributed by atoms with Crippen LogP contribution in [0.3, 0.4) is 0 Å². The molecule has 0 aliphatic carbocycles. The monoisotopic (exact) mass is 342 g/mol. The summed E-state index contributed by atoms with van der Waals surface area (Å²) in [5.74, 6) is -1.87. The third-order valence-corrected chi connectivity index (χ3v) is 3.03. The highest BCUT2D eigenvalue weighted by atomic mass is 79.9. The number of nitrogens with one attached hydrogen (secondary N) is 1. The Labute approximate surface area is 124 Å². The van der Waals surface area contributed by atoms with E-state index in [4.69, 9.17) is 10.5 Å². The van der Waals surface area contributed by atoms with E-state index in [1.165, 1.54) is 13.8 Å². The van der Waals surface area contributed by atoms with Crippen LogP contribution in [0.15, 0.2) is 28.7 Å². The smallest absolute Gasteiger partial charge is 0.329 e. The average Bonchev–Trinajstić information content (AvgIpc) is 2.38. The number of hydrogen-bond acceptors (Lipinski definition) is 4. The van der Waals surface area contributed by atoms with Crippen LogP contribution in [0, 0.1) is 0 Å². The highest BCUT2D eigenvalue weighted by Crippen LogP contribution is 2.10. The van der Waals surface area contributed by atoms with Crippen molar-refractivity contribution in [2.75, 3.05) is 0 Å². The molecule has 0 saturated carbocycles. The number of primary amides is 1. The number of esters is 1. The minimum atomic E-state index is -1.03. The van der Waals surface area contributed by atoms with E-state index in [-0.39, 0.29) is 0 Å². The molecule has 1 rings (SSSR count). The molecule has 0 aliphatic heterocycles. The molecule has 2 atom stereocenters. The lowest BCUT2D eigenvalue weighted by Crippen LogP contribution is -2.42. The predicted molar refractivity (Wildman–Crippen MR) is 75.8 cm³/mol. The Morgan fingerprint density at radius 3 is 2.25 bits per heavy atom. The fourth-order valence-electron chi connectivity index (χ4n) is 1.27. The number of amides is 2. The van der Waals surface area contributed by atoms with Crippen LogP contribution < -0.4 is 11.1 Å². The topological polar surface area (TPSA) is 98.5 Å². The summed E-state index contributed by atoms with van der Waals surface area (Å²) >= 11 is 3.26. The minimum absolute atomic E-state index is 0.409. The van der Waals surface area contributed by atoms with E-state index >= 15 is 0 Å². The highest BCUT2D eigenvalue weighted by molar-refractivity contribution is 9.10. The van der Waals surface area contributed by atoms with Gasteiger partial charge >= 0.3 is 5.97 Å². The first-order valence-electron chi connectivity index (χ1n) is 5.87. The zero-order chi connectivity index (χ0) is 15.3. The first-order valence-corrected chi connectivity index (χ1v) is 6.66. The number of rotatable bonds is 5. The van der Waals surface area contributed by atoms with Gasteiger partial charge in [-0.2, -0.15) is 0 Å². The second-order valence-corrected chi connectivity index (χ2v) is 5.10. The molecule has 0 saturated heterocycles. The van der Waals surface area contributed by atoms with Crippen molar-refractivity contribution in [3.8, 4) is 0 Å². The molecule has 0 fully saturated rings. The largest absolute Gasteiger partial charge is 0.451 e. The summed E-state index contributed by atoms with van der Waals surface area (Å²) in [6.07, 6.45) is -1.03. The van der Waals surface area contributed by atoms with Crippen molar-refractivity contribution in [1.82, 2.24) is 5.32 Å². The van der Waals surface area contributed by atoms with Crippen molar-refractivity contribution < 1.29 is 19.1 Å². The van der Waals surface area contributed by atoms with Crippen molar-refractivity contribution in [3.05, 3.63) is 34.3 Å². The molecule has 0 spiro atoms. The highest BCUT2D eigenvalue weighted by Gasteiger charge is 2.22. The van der Waals surface area contributed by atoms with Crippen LogP contribution in [0.5, 0.6) is 0 Å². The summed E-state index contributed by atoms with van der Waals surface area (Å²) in [5, 5.41) is 2.48. The Morgan fingerprint density at radius 2 is 1.75 bits per heavy atom. The van der Waals surface area contributed by atoms with Gasteiger partial charge in [0.25, 0.3) is 11.8 Å². The molecule has 3 N–H and O–H groups in total. The third-order valence-electron chi connectivity index (χ3n) is 2.50. The Morgan fingerprint density at radius 1 is 1.20 bits per heavy atom. The number of carbonyl (C=O) groups is 3. The van der Waals surface area contributed by atoms with E-state index < -0.39 is 29.9 Å². The lowest BCUT2D eigenvalue weighted by Gasteiger charge is -2.15. The predicted octanol–water partition coefficient (Wildman–Crippen LogP) is 0.984. The van der Waals surface area contributed by atoms with Gasteiger partial charge in [0.05, 0.1) is 0 Å². The van der Waals surface area contributed by atoms with Crippen molar-refractivity contribution in [2.24, 2.45) is 5.73 Å². The zero-order valence-electron chi connectivity index (χ0n) is 11.1. The maximum Gasteiger partial charge on any atom is 0.329 e. The van der Waals surface area contributed by atoms with Crippen LogP contribution in [-0.2, 0) is 14.3 Å². The number of carbonyl (C=O) groups excluding carboxylic acids is 3. The summed E-state index contributed by atoms with van der Waals surface area (Å²) in [7, 11) is 0. The summed E-state index contributed by atoms with van der Waals surface area (Å²) in [6, 6.07) is 5.78. The number of halogens is 1. The molecule has 2 amide bonds. The Kier molecular flexibility index (Phi) is 5.69. The molecule has 7 heteroatoms. The van der Waals surface area contributed by atoms with Crippen LogP contribution in [0.2, 0.25) is 0 Å². The average molecular weight is 343 g/mol. The number of ether oxygens (including phenoxy) is 1. The van der Waals surface area contributed by atoms with E-state index in [0.29, 0.717) is 5.56 Å². The Balaban J connectivity index is 2.59. The van der Waals surface area contributed by atoms with Crippen LogP contribution in [0.1, 0.15) is 24.2 Å². The van der Waals surface area contributed by atoms with Gasteiger partial charge in [-0.1, -0.05) is 15.9 Å². The van der Waals surface area contributed by atoms with E-state index in [9.17, 15) is 14.4 Å².